The second kappa shape index (κ2) is 8.13. The van der Waals surface area contributed by atoms with E-state index in [1.54, 1.807) is 0 Å². The highest BCUT2D eigenvalue weighted by molar-refractivity contribution is 5.94. The second-order valence-corrected chi connectivity index (χ2v) is 7.40. The van der Waals surface area contributed by atoms with Gasteiger partial charge in [0.05, 0.1) is 6.10 Å². The van der Waals surface area contributed by atoms with Crippen molar-refractivity contribution in [3.63, 3.8) is 0 Å². The van der Waals surface area contributed by atoms with Gasteiger partial charge in [-0.05, 0) is 69.7 Å². The summed E-state index contributed by atoms with van der Waals surface area (Å²) in [5.41, 5.74) is 2.02. The van der Waals surface area contributed by atoms with E-state index >= 15 is 0 Å². The lowest BCUT2D eigenvalue weighted by molar-refractivity contribution is 0.0724. The molecule has 2 heterocycles. The molecule has 2 aliphatic heterocycles. The van der Waals surface area contributed by atoms with E-state index in [0.717, 1.165) is 57.4 Å². The molecule has 2 fully saturated rings. The molecule has 1 aromatic rings. The van der Waals surface area contributed by atoms with Crippen LogP contribution < -0.4 is 0 Å². The molecule has 0 aliphatic carbocycles. The molecule has 132 valence electrons. The standard InChI is InChI=1S/C20H30N2O2/c1-16(23)13-19-9-6-12-22(19)15-17-7-5-8-18(14-17)20(24)21-10-3-2-4-11-21/h5,7-8,14,16,19,23H,2-4,6,9-13,15H2,1H3. The summed E-state index contributed by atoms with van der Waals surface area (Å²) in [6.07, 6.45) is 6.44. The normalized spacial score (nSPS) is 23.4. The van der Waals surface area contributed by atoms with Crippen molar-refractivity contribution >= 4 is 5.91 Å². The summed E-state index contributed by atoms with van der Waals surface area (Å²) >= 11 is 0. The first-order valence-corrected chi connectivity index (χ1v) is 9.44. The van der Waals surface area contributed by atoms with E-state index in [2.05, 4.69) is 17.0 Å². The summed E-state index contributed by atoms with van der Waals surface area (Å²) in [4.78, 5) is 17.1. The van der Waals surface area contributed by atoms with Crippen LogP contribution in [0.25, 0.3) is 0 Å². The number of aliphatic hydroxyl groups excluding tert-OH is 1. The number of hydrogen-bond acceptors (Lipinski definition) is 3. The molecule has 1 N–H and O–H groups in total. The van der Waals surface area contributed by atoms with Gasteiger partial charge in [0.25, 0.3) is 5.91 Å². The summed E-state index contributed by atoms with van der Waals surface area (Å²) in [5.74, 6) is 0.179. The minimum Gasteiger partial charge on any atom is -0.393 e. The molecule has 0 bridgehead atoms. The lowest BCUT2D eigenvalue weighted by Crippen LogP contribution is -2.35. The Hall–Kier alpha value is -1.39. The molecule has 1 aromatic carbocycles. The minimum atomic E-state index is -0.248. The molecule has 4 nitrogen and oxygen atoms in total. The summed E-state index contributed by atoms with van der Waals surface area (Å²) in [6, 6.07) is 8.59. The van der Waals surface area contributed by atoms with Crippen molar-refractivity contribution in [3.05, 3.63) is 35.4 Å². The maximum absolute atomic E-state index is 12.7. The van der Waals surface area contributed by atoms with Crippen molar-refractivity contribution < 1.29 is 9.90 Å². The number of amides is 1. The Morgan fingerprint density at radius 2 is 2.00 bits per heavy atom. The van der Waals surface area contributed by atoms with Crippen LogP contribution in [0.2, 0.25) is 0 Å². The van der Waals surface area contributed by atoms with Gasteiger partial charge in [0.15, 0.2) is 0 Å². The second-order valence-electron chi connectivity index (χ2n) is 7.40. The van der Waals surface area contributed by atoms with Crippen LogP contribution in [0.5, 0.6) is 0 Å². The summed E-state index contributed by atoms with van der Waals surface area (Å²) in [6.45, 7) is 5.62. The maximum atomic E-state index is 12.7. The van der Waals surface area contributed by atoms with Crippen molar-refractivity contribution in [2.24, 2.45) is 0 Å². The zero-order valence-electron chi connectivity index (χ0n) is 14.8. The van der Waals surface area contributed by atoms with Crippen LogP contribution in [0.4, 0.5) is 0 Å². The van der Waals surface area contributed by atoms with Crippen molar-refractivity contribution in [3.8, 4) is 0 Å². The molecule has 0 aromatic heterocycles. The molecule has 2 atom stereocenters. The number of carbonyl (C=O) groups excluding carboxylic acids is 1. The van der Waals surface area contributed by atoms with E-state index in [0.29, 0.717) is 6.04 Å². The van der Waals surface area contributed by atoms with Gasteiger partial charge in [-0.3, -0.25) is 9.69 Å². The Kier molecular flexibility index (Phi) is 5.90. The minimum absolute atomic E-state index is 0.179. The Morgan fingerprint density at radius 1 is 1.21 bits per heavy atom. The van der Waals surface area contributed by atoms with Crippen LogP contribution in [-0.2, 0) is 6.54 Å². The number of aliphatic hydroxyl groups is 1. The van der Waals surface area contributed by atoms with Gasteiger partial charge >= 0.3 is 0 Å². The smallest absolute Gasteiger partial charge is 0.253 e. The molecule has 24 heavy (non-hydrogen) atoms. The van der Waals surface area contributed by atoms with Crippen molar-refractivity contribution in [2.45, 2.75) is 64.1 Å². The Bertz CT molecular complexity index is 552. The van der Waals surface area contributed by atoms with E-state index in [9.17, 15) is 9.90 Å². The first kappa shape index (κ1) is 17.4. The summed E-state index contributed by atoms with van der Waals surface area (Å²) in [5, 5.41) is 9.68. The zero-order valence-corrected chi connectivity index (χ0v) is 14.8. The van der Waals surface area contributed by atoms with Crippen LogP contribution in [0.3, 0.4) is 0 Å². The van der Waals surface area contributed by atoms with Gasteiger partial charge in [-0.25, -0.2) is 0 Å². The number of rotatable bonds is 5. The van der Waals surface area contributed by atoms with Gasteiger partial charge in [-0.15, -0.1) is 0 Å². The molecule has 2 aliphatic rings. The first-order valence-electron chi connectivity index (χ1n) is 9.44. The summed E-state index contributed by atoms with van der Waals surface area (Å²) in [7, 11) is 0. The van der Waals surface area contributed by atoms with Gasteiger partial charge in [0.2, 0.25) is 0 Å². The average Bonchev–Trinajstić information content (AvgIpc) is 3.01. The predicted octanol–water partition coefficient (Wildman–Crippen LogP) is 3.05. The van der Waals surface area contributed by atoms with Crippen LogP contribution in [0.15, 0.2) is 24.3 Å². The maximum Gasteiger partial charge on any atom is 0.253 e. The van der Waals surface area contributed by atoms with Crippen molar-refractivity contribution in [2.75, 3.05) is 19.6 Å². The monoisotopic (exact) mass is 330 g/mol. The van der Waals surface area contributed by atoms with E-state index in [1.807, 2.05) is 24.0 Å². The van der Waals surface area contributed by atoms with Crippen molar-refractivity contribution in [1.29, 1.82) is 0 Å². The topological polar surface area (TPSA) is 43.8 Å². The molecular weight excluding hydrogens is 300 g/mol. The molecule has 0 saturated carbocycles. The quantitative estimate of drug-likeness (QED) is 0.902. The zero-order chi connectivity index (χ0) is 16.9. The van der Waals surface area contributed by atoms with Gasteiger partial charge < -0.3 is 10.0 Å². The lowest BCUT2D eigenvalue weighted by atomic mass is 10.1. The third kappa shape index (κ3) is 4.37. The van der Waals surface area contributed by atoms with Crippen LogP contribution in [0, 0.1) is 0 Å². The largest absolute Gasteiger partial charge is 0.393 e. The Labute approximate surface area is 145 Å². The highest BCUT2D eigenvalue weighted by atomic mass is 16.3. The highest BCUT2D eigenvalue weighted by Gasteiger charge is 2.26. The molecule has 0 spiro atoms. The molecule has 3 rings (SSSR count). The van der Waals surface area contributed by atoms with Crippen LogP contribution in [0.1, 0.15) is 61.4 Å². The summed E-state index contributed by atoms with van der Waals surface area (Å²) < 4.78 is 0. The molecule has 2 saturated heterocycles. The van der Waals surface area contributed by atoms with Crippen LogP contribution in [-0.4, -0.2) is 52.6 Å². The first-order chi connectivity index (χ1) is 11.6. The fourth-order valence-electron chi connectivity index (χ4n) is 4.08. The number of likely N-dealkylation sites (tertiary alicyclic amines) is 2. The van der Waals surface area contributed by atoms with Gasteiger partial charge in [-0.1, -0.05) is 12.1 Å². The van der Waals surface area contributed by atoms with E-state index in [4.69, 9.17) is 0 Å². The van der Waals surface area contributed by atoms with E-state index < -0.39 is 0 Å². The molecule has 2 unspecified atom stereocenters. The Balaban J connectivity index is 1.65. The number of carbonyl (C=O) groups is 1. The predicted molar refractivity (Wildman–Crippen MR) is 95.9 cm³/mol. The molecule has 1 amide bonds. The number of nitrogens with zero attached hydrogens (tertiary/aromatic N) is 2. The highest BCUT2D eigenvalue weighted by Crippen LogP contribution is 2.24. The Morgan fingerprint density at radius 3 is 2.75 bits per heavy atom. The molecular formula is C20H30N2O2. The number of piperidine rings is 1. The third-order valence-electron chi connectivity index (χ3n) is 5.32. The number of hydrogen-bond donors (Lipinski definition) is 1. The van der Waals surface area contributed by atoms with Gasteiger partial charge in [0, 0.05) is 31.2 Å². The van der Waals surface area contributed by atoms with Gasteiger partial charge in [-0.2, -0.15) is 0 Å². The molecule has 4 heteroatoms. The van der Waals surface area contributed by atoms with Gasteiger partial charge in [0.1, 0.15) is 0 Å². The third-order valence-corrected chi connectivity index (χ3v) is 5.32. The fraction of sp³-hybridized carbons (Fsp3) is 0.650. The molecule has 0 radical (unpaired) electrons. The lowest BCUT2D eigenvalue weighted by Gasteiger charge is -2.27. The van der Waals surface area contributed by atoms with E-state index in [-0.39, 0.29) is 12.0 Å². The van der Waals surface area contributed by atoms with Crippen molar-refractivity contribution in [1.82, 2.24) is 9.80 Å². The number of benzene rings is 1. The van der Waals surface area contributed by atoms with E-state index in [1.165, 1.54) is 18.4 Å². The fourth-order valence-corrected chi connectivity index (χ4v) is 4.08. The SMILES string of the molecule is CC(O)CC1CCCN1Cc1cccc(C(=O)N2CCCCC2)c1. The van der Waals surface area contributed by atoms with Crippen LogP contribution >= 0.6 is 0 Å². The average molecular weight is 330 g/mol.